The lowest BCUT2D eigenvalue weighted by Crippen LogP contribution is -2.37. The van der Waals surface area contributed by atoms with Crippen molar-refractivity contribution < 1.29 is 9.32 Å². The lowest BCUT2D eigenvalue weighted by atomic mass is 10.0. The molecule has 9 nitrogen and oxygen atoms in total. The molecule has 3 aromatic rings. The van der Waals surface area contributed by atoms with E-state index in [0.717, 1.165) is 22.5 Å². The Labute approximate surface area is 143 Å². The predicted octanol–water partition coefficient (Wildman–Crippen LogP) is 0.696. The van der Waals surface area contributed by atoms with Gasteiger partial charge in [-0.05, 0) is 6.92 Å². The van der Waals surface area contributed by atoms with Gasteiger partial charge in [-0.3, -0.25) is 9.48 Å². The molecule has 0 fully saturated rings. The van der Waals surface area contributed by atoms with Gasteiger partial charge in [0.25, 0.3) is 0 Å². The normalized spacial score (nSPS) is 13.8. The molecule has 1 aliphatic heterocycles. The SMILES string of the molecule is Cc1noc(CC(=O)N2CCc3ncnc(-c4cnn(C)c4)c3C2)n1. The highest BCUT2D eigenvalue weighted by Gasteiger charge is 2.26. The van der Waals surface area contributed by atoms with Gasteiger partial charge in [-0.2, -0.15) is 10.1 Å². The summed E-state index contributed by atoms with van der Waals surface area (Å²) in [7, 11) is 1.86. The summed E-state index contributed by atoms with van der Waals surface area (Å²) in [4.78, 5) is 27.2. The zero-order chi connectivity index (χ0) is 17.4. The van der Waals surface area contributed by atoms with Crippen molar-refractivity contribution in [3.05, 3.63) is 41.7 Å². The van der Waals surface area contributed by atoms with Crippen LogP contribution in [0.25, 0.3) is 11.3 Å². The number of carbonyl (C=O) groups excluding carboxylic acids is 1. The maximum absolute atomic E-state index is 12.6. The summed E-state index contributed by atoms with van der Waals surface area (Å²) >= 11 is 0. The van der Waals surface area contributed by atoms with Gasteiger partial charge >= 0.3 is 0 Å². The van der Waals surface area contributed by atoms with Crippen LogP contribution in [0.4, 0.5) is 0 Å². The second-order valence-electron chi connectivity index (χ2n) is 6.03. The molecular formula is C16H17N7O2. The topological polar surface area (TPSA) is 103 Å². The zero-order valence-electron chi connectivity index (χ0n) is 14.0. The number of fused-ring (bicyclic) bond motifs is 1. The molecule has 0 radical (unpaired) electrons. The minimum atomic E-state index is -0.0460. The van der Waals surface area contributed by atoms with Gasteiger partial charge in [0.2, 0.25) is 11.8 Å². The highest BCUT2D eigenvalue weighted by Crippen LogP contribution is 2.27. The Morgan fingerprint density at radius 2 is 2.24 bits per heavy atom. The number of aryl methyl sites for hydroxylation is 2. The molecule has 1 amide bonds. The summed E-state index contributed by atoms with van der Waals surface area (Å²) in [6.45, 7) is 2.81. The summed E-state index contributed by atoms with van der Waals surface area (Å²) in [6, 6.07) is 0. The first kappa shape index (κ1) is 15.4. The molecule has 0 unspecified atom stereocenters. The summed E-state index contributed by atoms with van der Waals surface area (Å²) in [5.41, 5.74) is 3.69. The van der Waals surface area contributed by atoms with Gasteiger partial charge in [0.15, 0.2) is 5.82 Å². The molecule has 0 aromatic carbocycles. The van der Waals surface area contributed by atoms with Crippen molar-refractivity contribution in [2.24, 2.45) is 7.05 Å². The van der Waals surface area contributed by atoms with Gasteiger partial charge in [-0.1, -0.05) is 5.16 Å². The van der Waals surface area contributed by atoms with Crippen LogP contribution in [0.5, 0.6) is 0 Å². The van der Waals surface area contributed by atoms with E-state index in [-0.39, 0.29) is 12.3 Å². The van der Waals surface area contributed by atoms with E-state index in [4.69, 9.17) is 4.52 Å². The van der Waals surface area contributed by atoms with Crippen LogP contribution in [0.15, 0.2) is 23.2 Å². The van der Waals surface area contributed by atoms with Crippen LogP contribution in [0, 0.1) is 6.92 Å². The van der Waals surface area contributed by atoms with E-state index in [9.17, 15) is 4.79 Å². The monoisotopic (exact) mass is 339 g/mol. The number of hydrogen-bond acceptors (Lipinski definition) is 7. The summed E-state index contributed by atoms with van der Waals surface area (Å²) in [6.07, 6.45) is 6.04. The van der Waals surface area contributed by atoms with Crippen molar-refractivity contribution in [2.45, 2.75) is 26.3 Å². The number of nitrogens with zero attached hydrogens (tertiary/aromatic N) is 7. The van der Waals surface area contributed by atoms with Gasteiger partial charge < -0.3 is 9.42 Å². The van der Waals surface area contributed by atoms with Crippen LogP contribution in [-0.4, -0.2) is 47.2 Å². The van der Waals surface area contributed by atoms with E-state index in [1.54, 1.807) is 29.0 Å². The summed E-state index contributed by atoms with van der Waals surface area (Å²) < 4.78 is 6.78. The highest BCUT2D eigenvalue weighted by atomic mass is 16.5. The van der Waals surface area contributed by atoms with Crippen molar-refractivity contribution in [3.63, 3.8) is 0 Å². The molecular weight excluding hydrogens is 322 g/mol. The van der Waals surface area contributed by atoms with E-state index in [2.05, 4.69) is 25.2 Å². The molecule has 0 N–H and O–H groups in total. The van der Waals surface area contributed by atoms with Crippen molar-refractivity contribution in [3.8, 4) is 11.3 Å². The summed E-state index contributed by atoms with van der Waals surface area (Å²) in [5.74, 6) is 0.819. The van der Waals surface area contributed by atoms with Gasteiger partial charge in [0, 0.05) is 43.9 Å². The molecule has 1 aliphatic rings. The largest absolute Gasteiger partial charge is 0.339 e. The number of aromatic nitrogens is 6. The Morgan fingerprint density at radius 1 is 1.36 bits per heavy atom. The van der Waals surface area contributed by atoms with Gasteiger partial charge in [0.1, 0.15) is 12.7 Å². The van der Waals surface area contributed by atoms with E-state index < -0.39 is 0 Å². The Bertz CT molecular complexity index is 930. The maximum atomic E-state index is 12.6. The fourth-order valence-electron chi connectivity index (χ4n) is 3.00. The van der Waals surface area contributed by atoms with Crippen LogP contribution in [-0.2, 0) is 31.2 Å². The first-order valence-corrected chi connectivity index (χ1v) is 7.99. The van der Waals surface area contributed by atoms with Gasteiger partial charge in [-0.15, -0.1) is 0 Å². The van der Waals surface area contributed by atoms with Crippen LogP contribution < -0.4 is 0 Å². The standard InChI is InChI=1S/C16H17N7O2/c1-10-20-14(25-21-10)5-15(24)23-4-3-13-12(8-23)16(18-9-17-13)11-6-19-22(2)7-11/h6-7,9H,3-5,8H2,1-2H3. The minimum Gasteiger partial charge on any atom is -0.339 e. The molecule has 25 heavy (non-hydrogen) atoms. The molecule has 0 spiro atoms. The third-order valence-electron chi connectivity index (χ3n) is 4.21. The van der Waals surface area contributed by atoms with Crippen molar-refractivity contribution in [2.75, 3.05) is 6.54 Å². The van der Waals surface area contributed by atoms with E-state index in [1.807, 2.05) is 13.2 Å². The highest BCUT2D eigenvalue weighted by molar-refractivity contribution is 5.78. The zero-order valence-corrected chi connectivity index (χ0v) is 14.0. The molecule has 0 aliphatic carbocycles. The fourth-order valence-corrected chi connectivity index (χ4v) is 3.00. The maximum Gasteiger partial charge on any atom is 0.236 e. The molecule has 0 bridgehead atoms. The van der Waals surface area contributed by atoms with Crippen molar-refractivity contribution in [1.82, 2.24) is 34.8 Å². The van der Waals surface area contributed by atoms with Crippen LogP contribution in [0.3, 0.4) is 0 Å². The second-order valence-corrected chi connectivity index (χ2v) is 6.03. The first-order chi connectivity index (χ1) is 12.1. The van der Waals surface area contributed by atoms with Gasteiger partial charge in [0.05, 0.1) is 17.6 Å². The predicted molar refractivity (Wildman–Crippen MR) is 86.1 cm³/mol. The molecule has 0 atom stereocenters. The lowest BCUT2D eigenvalue weighted by molar-refractivity contribution is -0.131. The van der Waals surface area contributed by atoms with Crippen molar-refractivity contribution in [1.29, 1.82) is 0 Å². The molecule has 0 saturated heterocycles. The molecule has 9 heteroatoms. The average molecular weight is 339 g/mol. The summed E-state index contributed by atoms with van der Waals surface area (Å²) in [5, 5.41) is 7.92. The lowest BCUT2D eigenvalue weighted by Gasteiger charge is -2.28. The average Bonchev–Trinajstić information content (AvgIpc) is 3.22. The number of carbonyl (C=O) groups is 1. The fraction of sp³-hybridized carbons (Fsp3) is 0.375. The molecule has 128 valence electrons. The molecule has 4 rings (SSSR count). The third-order valence-corrected chi connectivity index (χ3v) is 4.21. The Hall–Kier alpha value is -3.10. The van der Waals surface area contributed by atoms with Gasteiger partial charge in [-0.25, -0.2) is 9.97 Å². The molecule has 4 heterocycles. The second kappa shape index (κ2) is 6.08. The third kappa shape index (κ3) is 3.00. The first-order valence-electron chi connectivity index (χ1n) is 7.99. The Balaban J connectivity index is 1.58. The van der Waals surface area contributed by atoms with E-state index >= 15 is 0 Å². The van der Waals surface area contributed by atoms with Crippen LogP contribution >= 0.6 is 0 Å². The van der Waals surface area contributed by atoms with E-state index in [0.29, 0.717) is 31.2 Å². The van der Waals surface area contributed by atoms with Crippen LogP contribution in [0.2, 0.25) is 0 Å². The number of hydrogen-bond donors (Lipinski definition) is 0. The molecule has 0 saturated carbocycles. The Kier molecular flexibility index (Phi) is 3.75. The number of rotatable bonds is 3. The quantitative estimate of drug-likeness (QED) is 0.692. The minimum absolute atomic E-state index is 0.0460. The van der Waals surface area contributed by atoms with E-state index in [1.165, 1.54) is 0 Å². The number of amides is 1. The van der Waals surface area contributed by atoms with Crippen LogP contribution in [0.1, 0.15) is 23.0 Å². The van der Waals surface area contributed by atoms with Crippen molar-refractivity contribution >= 4 is 5.91 Å². The Morgan fingerprint density at radius 3 is 2.96 bits per heavy atom. The smallest absolute Gasteiger partial charge is 0.236 e. The molecule has 3 aromatic heterocycles.